The highest BCUT2D eigenvalue weighted by Crippen LogP contribution is 2.40. The van der Waals surface area contributed by atoms with Crippen LogP contribution in [0.15, 0.2) is 6.20 Å². The zero-order valence-corrected chi connectivity index (χ0v) is 10.5. The maximum Gasteiger partial charge on any atom is 0.0494 e. The normalized spacial score (nSPS) is 18.3. The second-order valence-electron chi connectivity index (χ2n) is 5.72. The van der Waals surface area contributed by atoms with Gasteiger partial charge < -0.3 is 0 Å². The smallest absolute Gasteiger partial charge is 0.0494 e. The van der Waals surface area contributed by atoms with Crippen molar-refractivity contribution >= 4 is 0 Å². The van der Waals surface area contributed by atoms with E-state index in [2.05, 4.69) is 45.8 Å². The first kappa shape index (κ1) is 10.7. The van der Waals surface area contributed by atoms with Gasteiger partial charge in [-0.2, -0.15) is 0 Å². The number of aryl methyl sites for hydroxylation is 1. The lowest BCUT2D eigenvalue weighted by Gasteiger charge is -2.20. The van der Waals surface area contributed by atoms with E-state index in [1.807, 2.05) is 0 Å². The molecule has 0 aliphatic heterocycles. The van der Waals surface area contributed by atoms with Crippen molar-refractivity contribution in [3.05, 3.63) is 28.6 Å². The molecule has 2 rings (SSSR count). The van der Waals surface area contributed by atoms with E-state index in [1.54, 1.807) is 5.56 Å². The molecule has 15 heavy (non-hydrogen) atoms. The average Bonchev–Trinajstić information content (AvgIpc) is 2.41. The third kappa shape index (κ3) is 1.58. The fourth-order valence-corrected chi connectivity index (χ4v) is 2.87. The summed E-state index contributed by atoms with van der Waals surface area (Å²) in [7, 11) is 0. The molecule has 0 bridgehead atoms. The molecule has 0 fully saturated rings. The summed E-state index contributed by atoms with van der Waals surface area (Å²) in [5.74, 6) is 0.621. The van der Waals surface area contributed by atoms with Gasteiger partial charge in [-0.3, -0.25) is 4.98 Å². The Balaban J connectivity index is 2.64. The minimum absolute atomic E-state index is 0.284. The van der Waals surface area contributed by atoms with Crippen LogP contribution in [-0.4, -0.2) is 4.98 Å². The van der Waals surface area contributed by atoms with E-state index in [0.717, 1.165) is 0 Å². The maximum absolute atomic E-state index is 4.65. The number of rotatable bonds is 1. The minimum Gasteiger partial charge on any atom is -0.260 e. The third-order valence-electron chi connectivity index (χ3n) is 3.64. The molecule has 1 nitrogen and oxygen atoms in total. The molecule has 82 valence electrons. The van der Waals surface area contributed by atoms with Crippen molar-refractivity contribution < 1.29 is 0 Å². The predicted octanol–water partition coefficient (Wildman–Crippen LogP) is 3.74. The van der Waals surface area contributed by atoms with Gasteiger partial charge in [0.2, 0.25) is 0 Å². The highest BCUT2D eigenvalue weighted by Gasteiger charge is 2.33. The van der Waals surface area contributed by atoms with Crippen LogP contribution in [0.2, 0.25) is 0 Å². The van der Waals surface area contributed by atoms with Crippen LogP contribution in [0.4, 0.5) is 0 Å². The van der Waals surface area contributed by atoms with E-state index in [1.165, 1.54) is 29.7 Å². The van der Waals surface area contributed by atoms with E-state index >= 15 is 0 Å². The van der Waals surface area contributed by atoms with Crippen LogP contribution >= 0.6 is 0 Å². The first-order valence-electron chi connectivity index (χ1n) is 5.92. The summed E-state index contributed by atoms with van der Waals surface area (Å²) in [6.07, 6.45) is 4.52. The number of aromatic nitrogens is 1. The molecule has 1 aromatic rings. The number of fused-ring (bicyclic) bond motifs is 1. The third-order valence-corrected chi connectivity index (χ3v) is 3.64. The minimum atomic E-state index is 0.284. The highest BCUT2D eigenvalue weighted by molar-refractivity contribution is 5.44. The number of hydrogen-bond donors (Lipinski definition) is 0. The van der Waals surface area contributed by atoms with E-state index in [9.17, 15) is 0 Å². The molecule has 0 unspecified atom stereocenters. The molecule has 0 amide bonds. The molecule has 1 heterocycles. The molecule has 0 atom stereocenters. The Labute approximate surface area is 92.9 Å². The number of pyridine rings is 1. The molecule has 0 N–H and O–H groups in total. The van der Waals surface area contributed by atoms with Crippen LogP contribution in [-0.2, 0) is 11.8 Å². The Hall–Kier alpha value is -0.850. The molecule has 1 aliphatic carbocycles. The van der Waals surface area contributed by atoms with Crippen LogP contribution in [0.5, 0.6) is 0 Å². The summed E-state index contributed by atoms with van der Waals surface area (Å²) >= 11 is 0. The van der Waals surface area contributed by atoms with Crippen LogP contribution in [0, 0.1) is 6.92 Å². The second kappa shape index (κ2) is 3.33. The lowest BCUT2D eigenvalue weighted by molar-refractivity contribution is 0.509. The van der Waals surface area contributed by atoms with E-state index < -0.39 is 0 Å². The summed E-state index contributed by atoms with van der Waals surface area (Å²) in [5, 5.41) is 0. The second-order valence-corrected chi connectivity index (χ2v) is 5.72. The van der Waals surface area contributed by atoms with Crippen molar-refractivity contribution in [3.63, 3.8) is 0 Å². The van der Waals surface area contributed by atoms with Gasteiger partial charge in [0, 0.05) is 17.3 Å². The molecule has 1 aromatic heterocycles. The van der Waals surface area contributed by atoms with Crippen LogP contribution in [0.3, 0.4) is 0 Å². The van der Waals surface area contributed by atoms with Gasteiger partial charge in [-0.1, -0.05) is 27.7 Å². The summed E-state index contributed by atoms with van der Waals surface area (Å²) in [5.41, 5.74) is 6.07. The zero-order valence-electron chi connectivity index (χ0n) is 10.5. The predicted molar refractivity (Wildman–Crippen MR) is 64.4 cm³/mol. The lowest BCUT2D eigenvalue weighted by Crippen LogP contribution is -2.14. The molecule has 0 saturated carbocycles. The van der Waals surface area contributed by atoms with Crippen molar-refractivity contribution in [2.45, 2.75) is 58.8 Å². The summed E-state index contributed by atoms with van der Waals surface area (Å²) < 4.78 is 0. The van der Waals surface area contributed by atoms with Gasteiger partial charge >= 0.3 is 0 Å². The SMILES string of the molecule is Cc1cnc2c(c1C(C)C)CCC2(C)C. The molecule has 0 aromatic carbocycles. The van der Waals surface area contributed by atoms with Gasteiger partial charge in [-0.25, -0.2) is 0 Å². The molecule has 0 radical (unpaired) electrons. The van der Waals surface area contributed by atoms with E-state index in [-0.39, 0.29) is 5.41 Å². The molecular formula is C14H21N. The van der Waals surface area contributed by atoms with Gasteiger partial charge in [0.25, 0.3) is 0 Å². The van der Waals surface area contributed by atoms with Gasteiger partial charge in [0.1, 0.15) is 0 Å². The maximum atomic E-state index is 4.65. The van der Waals surface area contributed by atoms with Crippen LogP contribution in [0.25, 0.3) is 0 Å². The molecule has 0 saturated heterocycles. The standard InChI is InChI=1S/C14H21N/c1-9(2)12-10(3)8-15-13-11(12)6-7-14(13,4)5/h8-9H,6-7H2,1-5H3. The van der Waals surface area contributed by atoms with Gasteiger partial charge in [0.15, 0.2) is 0 Å². The average molecular weight is 203 g/mol. The fraction of sp³-hybridized carbons (Fsp3) is 0.643. The summed E-state index contributed by atoms with van der Waals surface area (Å²) in [4.78, 5) is 4.65. The Morgan fingerprint density at radius 1 is 1.33 bits per heavy atom. The van der Waals surface area contributed by atoms with Gasteiger partial charge in [-0.15, -0.1) is 0 Å². The Bertz CT molecular complexity index is 389. The quantitative estimate of drug-likeness (QED) is 0.677. The van der Waals surface area contributed by atoms with Crippen molar-refractivity contribution in [3.8, 4) is 0 Å². The first-order valence-corrected chi connectivity index (χ1v) is 5.92. The van der Waals surface area contributed by atoms with Gasteiger partial charge in [-0.05, 0) is 42.4 Å². The largest absolute Gasteiger partial charge is 0.260 e. The van der Waals surface area contributed by atoms with Crippen molar-refractivity contribution in [1.82, 2.24) is 4.98 Å². The Morgan fingerprint density at radius 2 is 2.00 bits per heavy atom. The number of hydrogen-bond acceptors (Lipinski definition) is 1. The summed E-state index contributed by atoms with van der Waals surface area (Å²) in [6, 6.07) is 0. The Morgan fingerprint density at radius 3 is 2.60 bits per heavy atom. The zero-order chi connectivity index (χ0) is 11.2. The van der Waals surface area contributed by atoms with E-state index in [0.29, 0.717) is 5.92 Å². The fourth-order valence-electron chi connectivity index (χ4n) is 2.87. The topological polar surface area (TPSA) is 12.9 Å². The molecular weight excluding hydrogens is 182 g/mol. The van der Waals surface area contributed by atoms with Crippen LogP contribution in [0.1, 0.15) is 62.4 Å². The van der Waals surface area contributed by atoms with E-state index in [4.69, 9.17) is 0 Å². The first-order chi connectivity index (χ1) is 6.93. The van der Waals surface area contributed by atoms with Crippen molar-refractivity contribution in [2.75, 3.05) is 0 Å². The lowest BCUT2D eigenvalue weighted by atomic mass is 9.88. The number of nitrogens with zero attached hydrogens (tertiary/aromatic N) is 1. The Kier molecular flexibility index (Phi) is 2.37. The van der Waals surface area contributed by atoms with Crippen molar-refractivity contribution in [2.24, 2.45) is 0 Å². The summed E-state index contributed by atoms with van der Waals surface area (Å²) in [6.45, 7) is 11.4. The monoisotopic (exact) mass is 203 g/mol. The molecule has 1 heteroatoms. The van der Waals surface area contributed by atoms with Gasteiger partial charge in [0.05, 0.1) is 0 Å². The molecule has 1 aliphatic rings. The molecule has 0 spiro atoms. The highest BCUT2D eigenvalue weighted by atomic mass is 14.7. The van der Waals surface area contributed by atoms with Crippen LogP contribution < -0.4 is 0 Å². The van der Waals surface area contributed by atoms with Crippen molar-refractivity contribution in [1.29, 1.82) is 0 Å².